The first-order valence-corrected chi connectivity index (χ1v) is 12.3. The van der Waals surface area contributed by atoms with Gasteiger partial charge in [0.25, 0.3) is 0 Å². The molecular weight excluding hydrogens is 424 g/mol. The van der Waals surface area contributed by atoms with Gasteiger partial charge in [0.2, 0.25) is 15.9 Å². The summed E-state index contributed by atoms with van der Waals surface area (Å²) in [5, 5.41) is 7.40. The first kappa shape index (κ1) is 22.2. The Morgan fingerprint density at radius 3 is 2.69 bits per heavy atom. The van der Waals surface area contributed by atoms with Gasteiger partial charge in [0.1, 0.15) is 0 Å². The number of aromatic nitrogens is 2. The number of carbonyl (C=O) groups excluding carboxylic acids is 1. The van der Waals surface area contributed by atoms with E-state index in [-0.39, 0.29) is 10.8 Å². The maximum Gasteiger partial charge on any atom is 0.242 e. The van der Waals surface area contributed by atoms with E-state index in [0.717, 1.165) is 41.0 Å². The zero-order chi connectivity index (χ0) is 22.7. The number of aromatic amines is 1. The van der Waals surface area contributed by atoms with Crippen LogP contribution in [0.15, 0.2) is 59.5 Å². The summed E-state index contributed by atoms with van der Waals surface area (Å²) in [7, 11) is -1.99. The molecule has 1 amide bonds. The van der Waals surface area contributed by atoms with Gasteiger partial charge in [0.05, 0.1) is 10.6 Å². The summed E-state index contributed by atoms with van der Waals surface area (Å²) in [6, 6.07) is 17.0. The van der Waals surface area contributed by atoms with Crippen LogP contribution in [-0.4, -0.2) is 49.0 Å². The number of hydrogen-bond acceptors (Lipinski definition) is 4. The van der Waals surface area contributed by atoms with Crippen LogP contribution in [0.3, 0.4) is 0 Å². The maximum atomic E-state index is 13.1. The molecule has 3 aromatic rings. The number of carbonyl (C=O) groups is 1. The summed E-state index contributed by atoms with van der Waals surface area (Å²) >= 11 is 0. The van der Waals surface area contributed by atoms with E-state index in [0.29, 0.717) is 25.9 Å². The Morgan fingerprint density at radius 2 is 1.94 bits per heavy atom. The zero-order valence-electron chi connectivity index (χ0n) is 18.4. The molecule has 0 spiro atoms. The van der Waals surface area contributed by atoms with Gasteiger partial charge in [-0.25, -0.2) is 12.7 Å². The maximum absolute atomic E-state index is 13.1. The number of rotatable bonds is 7. The van der Waals surface area contributed by atoms with Crippen LogP contribution in [0.1, 0.15) is 31.0 Å². The highest BCUT2D eigenvalue weighted by Crippen LogP contribution is 2.30. The fraction of sp³-hybridized carbons (Fsp3) is 0.333. The molecule has 0 radical (unpaired) electrons. The molecule has 0 aliphatic carbocycles. The highest BCUT2D eigenvalue weighted by atomic mass is 32.2. The van der Waals surface area contributed by atoms with Crippen LogP contribution >= 0.6 is 0 Å². The molecule has 0 unspecified atom stereocenters. The molecule has 0 saturated carbocycles. The van der Waals surface area contributed by atoms with E-state index in [9.17, 15) is 13.2 Å². The van der Waals surface area contributed by atoms with Crippen molar-refractivity contribution < 1.29 is 13.2 Å². The molecule has 0 fully saturated rings. The Kier molecular flexibility index (Phi) is 6.43. The van der Waals surface area contributed by atoms with Gasteiger partial charge < -0.3 is 4.90 Å². The molecule has 4 rings (SSSR count). The summed E-state index contributed by atoms with van der Waals surface area (Å²) in [4.78, 5) is 13.9. The molecule has 0 saturated heterocycles. The number of benzene rings is 2. The summed E-state index contributed by atoms with van der Waals surface area (Å²) in [5.74, 6) is -0.0205. The molecule has 7 nitrogen and oxygen atoms in total. The van der Waals surface area contributed by atoms with E-state index < -0.39 is 10.0 Å². The molecule has 1 aliphatic heterocycles. The van der Waals surface area contributed by atoms with Crippen LogP contribution in [-0.2, 0) is 27.7 Å². The third kappa shape index (κ3) is 4.61. The third-order valence-corrected chi connectivity index (χ3v) is 7.73. The quantitative estimate of drug-likeness (QED) is 0.593. The van der Waals surface area contributed by atoms with Gasteiger partial charge in [-0.1, -0.05) is 30.3 Å². The topological polar surface area (TPSA) is 86.4 Å². The fourth-order valence-electron chi connectivity index (χ4n) is 4.10. The van der Waals surface area contributed by atoms with Crippen molar-refractivity contribution in [2.24, 2.45) is 0 Å². The summed E-state index contributed by atoms with van der Waals surface area (Å²) in [6.45, 7) is 2.61. The number of nitrogens with zero attached hydrogens (tertiary/aromatic N) is 3. The lowest BCUT2D eigenvalue weighted by molar-refractivity contribution is -0.116. The molecule has 0 bridgehead atoms. The van der Waals surface area contributed by atoms with Crippen molar-refractivity contribution >= 4 is 21.6 Å². The number of hydrogen-bond donors (Lipinski definition) is 1. The summed E-state index contributed by atoms with van der Waals surface area (Å²) in [5.41, 5.74) is 4.64. The number of aryl methyl sites for hydroxylation is 2. The van der Waals surface area contributed by atoms with E-state index in [1.54, 1.807) is 30.1 Å². The van der Waals surface area contributed by atoms with Crippen molar-refractivity contribution in [2.45, 2.75) is 37.5 Å². The first-order valence-electron chi connectivity index (χ1n) is 10.8. The predicted octanol–water partition coefficient (Wildman–Crippen LogP) is 3.63. The fourth-order valence-corrected chi connectivity index (χ4v) is 5.36. The van der Waals surface area contributed by atoms with Crippen molar-refractivity contribution in [3.63, 3.8) is 0 Å². The SMILES string of the molecule is CC(=O)N1CCCc2cc(S(=O)(=O)N(C)CCCc3cc(-c4ccccc4)n[nH]3)ccc21. The smallest absolute Gasteiger partial charge is 0.242 e. The van der Waals surface area contributed by atoms with Crippen LogP contribution in [0, 0.1) is 0 Å². The van der Waals surface area contributed by atoms with Crippen LogP contribution in [0.4, 0.5) is 5.69 Å². The number of fused-ring (bicyclic) bond motifs is 1. The number of anilines is 1. The van der Waals surface area contributed by atoms with Crippen molar-refractivity contribution in [1.82, 2.24) is 14.5 Å². The molecule has 2 aromatic carbocycles. The summed E-state index contributed by atoms with van der Waals surface area (Å²) in [6.07, 6.45) is 2.99. The number of amides is 1. The van der Waals surface area contributed by atoms with Gasteiger partial charge >= 0.3 is 0 Å². The van der Waals surface area contributed by atoms with E-state index in [4.69, 9.17) is 0 Å². The highest BCUT2D eigenvalue weighted by Gasteiger charge is 2.25. The van der Waals surface area contributed by atoms with Crippen LogP contribution in [0.5, 0.6) is 0 Å². The van der Waals surface area contributed by atoms with Gasteiger partial charge in [0.15, 0.2) is 0 Å². The summed E-state index contributed by atoms with van der Waals surface area (Å²) < 4.78 is 27.6. The minimum Gasteiger partial charge on any atom is -0.312 e. The van der Waals surface area contributed by atoms with Gasteiger partial charge in [-0.2, -0.15) is 5.10 Å². The van der Waals surface area contributed by atoms with Crippen LogP contribution < -0.4 is 4.90 Å². The Balaban J connectivity index is 1.40. The normalized spacial score (nSPS) is 13.9. The van der Waals surface area contributed by atoms with E-state index in [1.807, 2.05) is 36.4 Å². The second-order valence-corrected chi connectivity index (χ2v) is 10.2. The number of H-pyrrole nitrogens is 1. The Bertz CT molecular complexity index is 1200. The van der Waals surface area contributed by atoms with E-state index in [1.165, 1.54) is 11.2 Å². The van der Waals surface area contributed by atoms with Crippen molar-refractivity contribution in [3.05, 3.63) is 65.9 Å². The van der Waals surface area contributed by atoms with Gasteiger partial charge in [0, 0.05) is 44.0 Å². The van der Waals surface area contributed by atoms with Crippen molar-refractivity contribution in [1.29, 1.82) is 0 Å². The van der Waals surface area contributed by atoms with Crippen LogP contribution in [0.25, 0.3) is 11.3 Å². The van der Waals surface area contributed by atoms with Crippen LogP contribution in [0.2, 0.25) is 0 Å². The number of nitrogens with one attached hydrogen (secondary N) is 1. The molecular formula is C24H28N4O3S. The Morgan fingerprint density at radius 1 is 1.16 bits per heavy atom. The van der Waals surface area contributed by atoms with Gasteiger partial charge in [-0.15, -0.1) is 0 Å². The van der Waals surface area contributed by atoms with Crippen molar-refractivity contribution in [3.8, 4) is 11.3 Å². The molecule has 1 aliphatic rings. The molecule has 1 aromatic heterocycles. The van der Waals surface area contributed by atoms with E-state index in [2.05, 4.69) is 10.2 Å². The molecule has 0 atom stereocenters. The minimum absolute atomic E-state index is 0.0205. The third-order valence-electron chi connectivity index (χ3n) is 5.88. The highest BCUT2D eigenvalue weighted by molar-refractivity contribution is 7.89. The molecule has 32 heavy (non-hydrogen) atoms. The van der Waals surface area contributed by atoms with Gasteiger partial charge in [-0.3, -0.25) is 9.89 Å². The zero-order valence-corrected chi connectivity index (χ0v) is 19.2. The monoisotopic (exact) mass is 452 g/mol. The molecule has 2 heterocycles. The van der Waals surface area contributed by atoms with Crippen molar-refractivity contribution in [2.75, 3.05) is 25.0 Å². The Labute approximate surface area is 189 Å². The average molecular weight is 453 g/mol. The minimum atomic E-state index is -3.60. The lowest BCUT2D eigenvalue weighted by Crippen LogP contribution is -2.34. The molecule has 168 valence electrons. The lowest BCUT2D eigenvalue weighted by atomic mass is 10.0. The first-order chi connectivity index (χ1) is 15.4. The van der Waals surface area contributed by atoms with E-state index >= 15 is 0 Å². The molecule has 8 heteroatoms. The lowest BCUT2D eigenvalue weighted by Gasteiger charge is -2.29. The second kappa shape index (κ2) is 9.26. The number of sulfonamides is 1. The standard InChI is InChI=1S/C24H28N4O3S/c1-18(29)28-15-6-10-20-16-22(12-13-24(20)28)32(30,31)27(2)14-7-11-21-17-23(26-25-21)19-8-4-3-5-9-19/h3-5,8-9,12-13,16-17H,6-7,10-11,14-15H2,1-2H3,(H,25,26). The average Bonchev–Trinajstić information content (AvgIpc) is 3.27. The predicted molar refractivity (Wildman–Crippen MR) is 125 cm³/mol. The Hall–Kier alpha value is -2.97. The largest absolute Gasteiger partial charge is 0.312 e. The van der Waals surface area contributed by atoms with Gasteiger partial charge in [-0.05, 0) is 55.5 Å². The second-order valence-electron chi connectivity index (χ2n) is 8.14. The molecule has 1 N–H and O–H groups in total.